The van der Waals surface area contributed by atoms with E-state index in [1.165, 1.54) is 11.8 Å². The smallest absolute Gasteiger partial charge is 0.234 e. The monoisotopic (exact) mass is 386 g/mol. The van der Waals surface area contributed by atoms with E-state index in [1.54, 1.807) is 12.3 Å². The van der Waals surface area contributed by atoms with Crippen molar-refractivity contribution < 1.29 is 13.9 Å². The maximum absolute atomic E-state index is 12.3. The van der Waals surface area contributed by atoms with Gasteiger partial charge in [0.25, 0.3) is 0 Å². The van der Waals surface area contributed by atoms with E-state index in [-0.39, 0.29) is 11.7 Å². The Balaban J connectivity index is 1.61. The summed E-state index contributed by atoms with van der Waals surface area (Å²) in [6.45, 7) is 9.13. The first-order chi connectivity index (χ1) is 13.1. The molecule has 1 aliphatic rings. The van der Waals surface area contributed by atoms with Crippen LogP contribution in [0.5, 0.6) is 0 Å². The zero-order chi connectivity index (χ0) is 19.2. The van der Waals surface area contributed by atoms with E-state index in [2.05, 4.69) is 22.1 Å². The number of amides is 1. The third kappa shape index (κ3) is 4.51. The number of carbonyl (C=O) groups is 1. The summed E-state index contributed by atoms with van der Waals surface area (Å²) >= 11 is 1.33. The predicted octanol–water partition coefficient (Wildman–Crippen LogP) is 3.53. The Kier molecular flexibility index (Phi) is 6.18. The average molecular weight is 386 g/mol. The number of aromatic nitrogens is 3. The van der Waals surface area contributed by atoms with Crippen molar-refractivity contribution in [3.63, 3.8) is 0 Å². The molecular weight excluding hydrogens is 364 g/mol. The second-order valence-corrected chi connectivity index (χ2v) is 6.76. The van der Waals surface area contributed by atoms with Gasteiger partial charge in [-0.05, 0) is 31.6 Å². The molecule has 1 N–H and O–H groups in total. The summed E-state index contributed by atoms with van der Waals surface area (Å²) in [6.07, 6.45) is 6.05. The third-order valence-electron chi connectivity index (χ3n) is 4.00. The number of thioether (sulfide) groups is 1. The van der Waals surface area contributed by atoms with Gasteiger partial charge in [0.15, 0.2) is 16.7 Å². The van der Waals surface area contributed by atoms with Crippen LogP contribution in [0.15, 0.2) is 63.7 Å². The van der Waals surface area contributed by atoms with Crippen LogP contribution in [0.4, 0.5) is 0 Å². The van der Waals surface area contributed by atoms with Gasteiger partial charge in [0, 0.05) is 24.7 Å². The Morgan fingerprint density at radius 2 is 2.33 bits per heavy atom. The molecule has 3 rings (SSSR count). The second kappa shape index (κ2) is 8.77. The van der Waals surface area contributed by atoms with Gasteiger partial charge >= 0.3 is 0 Å². The molecule has 1 saturated heterocycles. The van der Waals surface area contributed by atoms with Crippen LogP contribution < -0.4 is 5.32 Å². The van der Waals surface area contributed by atoms with E-state index in [1.807, 2.05) is 36.6 Å². The van der Waals surface area contributed by atoms with Gasteiger partial charge in [0.05, 0.1) is 18.6 Å². The van der Waals surface area contributed by atoms with Crippen LogP contribution in [0.25, 0.3) is 11.6 Å². The first-order valence-corrected chi connectivity index (χ1v) is 9.69. The minimum atomic E-state index is -0.126. The number of furan rings is 1. The standard InChI is InChI=1S/C19H22N4O3S/c1-4-14(11-16-13(3)8-10-26-16)20-17(24)12-27-19-22-21-18(23(19)5-2)15-7-6-9-25-15/h4,6-7,9,11H,3,5,8,10,12H2,1-2H3,(H,20,24)/b14-4+,16-11+. The molecule has 0 unspecified atom stereocenters. The number of ether oxygens (including phenoxy) is 1. The van der Waals surface area contributed by atoms with Crippen molar-refractivity contribution in [1.82, 2.24) is 20.1 Å². The zero-order valence-electron chi connectivity index (χ0n) is 15.4. The first kappa shape index (κ1) is 19.0. The zero-order valence-corrected chi connectivity index (χ0v) is 16.2. The minimum absolute atomic E-state index is 0.126. The van der Waals surface area contributed by atoms with E-state index in [4.69, 9.17) is 9.15 Å². The Labute approximate surface area is 162 Å². The Morgan fingerprint density at radius 1 is 1.48 bits per heavy atom. The van der Waals surface area contributed by atoms with Crippen LogP contribution in [0.3, 0.4) is 0 Å². The van der Waals surface area contributed by atoms with Crippen molar-refractivity contribution in [2.45, 2.75) is 32.0 Å². The molecule has 0 aliphatic carbocycles. The largest absolute Gasteiger partial charge is 0.493 e. The number of nitrogens with zero attached hydrogens (tertiary/aromatic N) is 3. The highest BCUT2D eigenvalue weighted by atomic mass is 32.2. The summed E-state index contributed by atoms with van der Waals surface area (Å²) in [4.78, 5) is 12.3. The molecule has 0 saturated carbocycles. The third-order valence-corrected chi connectivity index (χ3v) is 4.96. The normalized spacial score (nSPS) is 16.0. The van der Waals surface area contributed by atoms with Gasteiger partial charge in [-0.25, -0.2) is 0 Å². The fraction of sp³-hybridized carbons (Fsp3) is 0.316. The summed E-state index contributed by atoms with van der Waals surface area (Å²) < 4.78 is 12.8. The molecule has 0 radical (unpaired) electrons. The quantitative estimate of drug-likeness (QED) is 0.733. The Morgan fingerprint density at radius 3 is 2.96 bits per heavy atom. The molecule has 1 fully saturated rings. The molecule has 8 heteroatoms. The van der Waals surface area contributed by atoms with Crippen LogP contribution in [0.2, 0.25) is 0 Å². The molecule has 0 spiro atoms. The summed E-state index contributed by atoms with van der Waals surface area (Å²) in [5, 5.41) is 11.9. The minimum Gasteiger partial charge on any atom is -0.493 e. The van der Waals surface area contributed by atoms with E-state index < -0.39 is 0 Å². The highest BCUT2D eigenvalue weighted by Gasteiger charge is 2.17. The number of rotatable bonds is 7. The van der Waals surface area contributed by atoms with Crippen molar-refractivity contribution >= 4 is 17.7 Å². The molecule has 1 amide bonds. The Hall–Kier alpha value is -2.74. The van der Waals surface area contributed by atoms with Crippen LogP contribution in [0.1, 0.15) is 20.3 Å². The lowest BCUT2D eigenvalue weighted by Crippen LogP contribution is -2.24. The van der Waals surface area contributed by atoms with Gasteiger partial charge in [-0.3, -0.25) is 9.36 Å². The Bertz CT molecular complexity index is 881. The van der Waals surface area contributed by atoms with Crippen LogP contribution in [-0.2, 0) is 16.1 Å². The van der Waals surface area contributed by atoms with Gasteiger partial charge in [-0.1, -0.05) is 24.4 Å². The second-order valence-electron chi connectivity index (χ2n) is 5.82. The van der Waals surface area contributed by atoms with Gasteiger partial charge in [-0.2, -0.15) is 0 Å². The first-order valence-electron chi connectivity index (χ1n) is 8.71. The van der Waals surface area contributed by atoms with Gasteiger partial charge < -0.3 is 14.5 Å². The molecule has 7 nitrogen and oxygen atoms in total. The lowest BCUT2D eigenvalue weighted by atomic mass is 10.2. The fourth-order valence-electron chi connectivity index (χ4n) is 2.58. The van der Waals surface area contributed by atoms with Crippen molar-refractivity contribution in [3.05, 3.63) is 54.2 Å². The number of nitrogens with one attached hydrogen (secondary N) is 1. The van der Waals surface area contributed by atoms with Crippen molar-refractivity contribution in [3.8, 4) is 11.6 Å². The van der Waals surface area contributed by atoms with Gasteiger partial charge in [-0.15, -0.1) is 10.2 Å². The van der Waals surface area contributed by atoms with E-state index >= 15 is 0 Å². The van der Waals surface area contributed by atoms with Crippen molar-refractivity contribution in [1.29, 1.82) is 0 Å². The lowest BCUT2D eigenvalue weighted by Gasteiger charge is -2.08. The summed E-state index contributed by atoms with van der Waals surface area (Å²) in [5.74, 6) is 2.13. The van der Waals surface area contributed by atoms with Gasteiger partial charge in [0.1, 0.15) is 5.76 Å². The van der Waals surface area contributed by atoms with Crippen LogP contribution >= 0.6 is 11.8 Å². The number of hydrogen-bond donors (Lipinski definition) is 1. The maximum Gasteiger partial charge on any atom is 0.234 e. The van der Waals surface area contributed by atoms with Gasteiger partial charge in [0.2, 0.25) is 5.91 Å². The molecule has 27 heavy (non-hydrogen) atoms. The van der Waals surface area contributed by atoms with Crippen LogP contribution in [0, 0.1) is 0 Å². The molecule has 0 bridgehead atoms. The molecule has 1 aliphatic heterocycles. The van der Waals surface area contributed by atoms with Crippen LogP contribution in [-0.4, -0.2) is 33.0 Å². The highest BCUT2D eigenvalue weighted by Crippen LogP contribution is 2.25. The molecule has 142 valence electrons. The predicted molar refractivity (Wildman–Crippen MR) is 104 cm³/mol. The number of allylic oxidation sites excluding steroid dienone is 3. The lowest BCUT2D eigenvalue weighted by molar-refractivity contribution is -0.117. The number of carbonyl (C=O) groups excluding carboxylic acids is 1. The summed E-state index contributed by atoms with van der Waals surface area (Å²) in [7, 11) is 0. The SMILES string of the molecule is C=C1CCO/C1=C/C(=C\C)NC(=O)CSc1nnc(-c2ccco2)n1CC. The fourth-order valence-corrected chi connectivity index (χ4v) is 3.38. The van der Waals surface area contributed by atoms with E-state index in [9.17, 15) is 4.79 Å². The number of hydrogen-bond acceptors (Lipinski definition) is 6. The van der Waals surface area contributed by atoms with E-state index in [0.29, 0.717) is 35.6 Å². The maximum atomic E-state index is 12.3. The average Bonchev–Trinajstić information content (AvgIpc) is 3.40. The molecule has 0 aromatic carbocycles. The topological polar surface area (TPSA) is 82.2 Å². The summed E-state index contributed by atoms with van der Waals surface area (Å²) in [5.41, 5.74) is 1.63. The molecule has 3 heterocycles. The molecular formula is C19H22N4O3S. The summed E-state index contributed by atoms with van der Waals surface area (Å²) in [6, 6.07) is 3.64. The molecule has 2 aromatic heterocycles. The molecule has 2 aromatic rings. The van der Waals surface area contributed by atoms with E-state index in [0.717, 1.165) is 17.8 Å². The van der Waals surface area contributed by atoms with Crippen molar-refractivity contribution in [2.24, 2.45) is 0 Å². The highest BCUT2D eigenvalue weighted by molar-refractivity contribution is 7.99. The van der Waals surface area contributed by atoms with Crippen molar-refractivity contribution in [2.75, 3.05) is 12.4 Å². The molecule has 0 atom stereocenters.